The Hall–Kier alpha value is -2.86. The predicted octanol–water partition coefficient (Wildman–Crippen LogP) is 3.97. The van der Waals surface area contributed by atoms with Gasteiger partial charge in [-0.15, -0.1) is 0 Å². The first-order valence-corrected chi connectivity index (χ1v) is 7.93. The molecule has 3 aromatic rings. The average molecular weight is 359 g/mol. The van der Waals surface area contributed by atoms with Gasteiger partial charge in [0.1, 0.15) is 17.9 Å². The third-order valence-corrected chi connectivity index (χ3v) is 3.71. The van der Waals surface area contributed by atoms with E-state index < -0.39 is 5.97 Å². The van der Waals surface area contributed by atoms with Gasteiger partial charge in [-0.3, -0.25) is 0 Å². The fraction of sp³-hybridized carbons (Fsp3) is 0.167. The summed E-state index contributed by atoms with van der Waals surface area (Å²) in [5, 5.41) is 4.25. The number of esters is 1. The normalized spacial score (nSPS) is 10.5. The smallest absolute Gasteiger partial charge is 0.342 e. The topological polar surface area (TPSA) is 74.5 Å². The number of aryl methyl sites for hydroxylation is 1. The molecule has 0 spiro atoms. The van der Waals surface area contributed by atoms with Crippen LogP contribution in [0.5, 0.6) is 5.75 Å². The summed E-state index contributed by atoms with van der Waals surface area (Å²) in [5.74, 6) is 0.592. The van der Waals surface area contributed by atoms with Crippen molar-refractivity contribution in [3.8, 4) is 5.75 Å². The fourth-order valence-electron chi connectivity index (χ4n) is 2.14. The van der Waals surface area contributed by atoms with Crippen molar-refractivity contribution < 1.29 is 18.8 Å². The summed E-state index contributed by atoms with van der Waals surface area (Å²) in [6.45, 7) is 1.83. The molecular formula is C18H15ClN2O4. The van der Waals surface area contributed by atoms with Crippen LogP contribution in [0.4, 0.5) is 0 Å². The minimum atomic E-state index is -0.536. The molecule has 0 aliphatic carbocycles. The highest BCUT2D eigenvalue weighted by atomic mass is 35.5. The predicted molar refractivity (Wildman–Crippen MR) is 90.4 cm³/mol. The molecule has 6 nitrogen and oxygen atoms in total. The molecule has 128 valence electrons. The fourth-order valence-corrected chi connectivity index (χ4v) is 2.33. The molecule has 0 aliphatic rings. The second-order valence-corrected chi connectivity index (χ2v) is 5.59. The monoisotopic (exact) mass is 358 g/mol. The zero-order chi connectivity index (χ0) is 17.6. The molecule has 1 aromatic heterocycles. The number of para-hydroxylation sites is 1. The van der Waals surface area contributed by atoms with Crippen molar-refractivity contribution in [3.63, 3.8) is 0 Å². The number of ether oxygens (including phenoxy) is 2. The zero-order valence-corrected chi connectivity index (χ0v) is 14.2. The molecule has 0 saturated carbocycles. The molecule has 0 fully saturated rings. The second kappa shape index (κ2) is 7.81. The largest absolute Gasteiger partial charge is 0.488 e. The van der Waals surface area contributed by atoms with Crippen molar-refractivity contribution >= 4 is 17.6 Å². The Kier molecular flexibility index (Phi) is 5.30. The van der Waals surface area contributed by atoms with E-state index >= 15 is 0 Å². The van der Waals surface area contributed by atoms with Crippen molar-refractivity contribution in [2.45, 2.75) is 20.1 Å². The van der Waals surface area contributed by atoms with Crippen LogP contribution in [0.25, 0.3) is 0 Å². The summed E-state index contributed by atoms with van der Waals surface area (Å²) in [6.07, 6.45) is 0. The molecule has 25 heavy (non-hydrogen) atoms. The molecule has 1 heterocycles. The maximum Gasteiger partial charge on any atom is 0.342 e. The van der Waals surface area contributed by atoms with Gasteiger partial charge < -0.3 is 14.0 Å². The van der Waals surface area contributed by atoms with E-state index in [0.29, 0.717) is 22.2 Å². The maximum atomic E-state index is 12.3. The van der Waals surface area contributed by atoms with Crippen molar-refractivity contribution in [1.29, 1.82) is 0 Å². The first kappa shape index (κ1) is 17.0. The molecule has 0 amide bonds. The number of carbonyl (C=O) groups is 1. The summed E-state index contributed by atoms with van der Waals surface area (Å²) in [4.78, 5) is 16.3. The van der Waals surface area contributed by atoms with E-state index in [4.69, 9.17) is 25.6 Å². The van der Waals surface area contributed by atoms with Crippen LogP contribution >= 0.6 is 11.6 Å². The van der Waals surface area contributed by atoms with Crippen molar-refractivity contribution in [2.24, 2.45) is 0 Å². The Bertz CT molecular complexity index is 879. The molecule has 7 heteroatoms. The van der Waals surface area contributed by atoms with E-state index in [1.165, 1.54) is 0 Å². The molecule has 2 aromatic carbocycles. The van der Waals surface area contributed by atoms with Gasteiger partial charge in [0.05, 0.1) is 0 Å². The Labute approximate surface area is 149 Å². The number of halogens is 1. The highest BCUT2D eigenvalue weighted by Gasteiger charge is 2.15. The third kappa shape index (κ3) is 4.36. The van der Waals surface area contributed by atoms with Gasteiger partial charge in [0.25, 0.3) is 5.89 Å². The van der Waals surface area contributed by atoms with Crippen LogP contribution < -0.4 is 4.74 Å². The Morgan fingerprint density at radius 3 is 2.64 bits per heavy atom. The standard InChI is InChI=1S/C18H15ClN2O4/c1-12-20-17(25-21-12)11-24-18(22)14-7-3-5-9-16(14)23-10-13-6-2-4-8-15(13)19/h2-9H,10-11H2,1H3. The van der Waals surface area contributed by atoms with Gasteiger partial charge in [0.2, 0.25) is 0 Å². The van der Waals surface area contributed by atoms with E-state index in [-0.39, 0.29) is 19.1 Å². The molecule has 0 unspecified atom stereocenters. The van der Waals surface area contributed by atoms with Crippen LogP contribution in [0.2, 0.25) is 5.02 Å². The van der Waals surface area contributed by atoms with Crippen LogP contribution in [0.1, 0.15) is 27.6 Å². The van der Waals surface area contributed by atoms with Gasteiger partial charge in [-0.2, -0.15) is 4.98 Å². The lowest BCUT2D eigenvalue weighted by atomic mass is 10.2. The Morgan fingerprint density at radius 1 is 1.12 bits per heavy atom. The van der Waals surface area contributed by atoms with E-state index in [9.17, 15) is 4.79 Å². The summed E-state index contributed by atoms with van der Waals surface area (Å²) >= 11 is 6.12. The van der Waals surface area contributed by atoms with Gasteiger partial charge in [-0.25, -0.2) is 4.79 Å². The molecule has 0 aliphatic heterocycles. The van der Waals surface area contributed by atoms with Gasteiger partial charge in [-0.1, -0.05) is 47.1 Å². The van der Waals surface area contributed by atoms with Crippen LogP contribution in [0.15, 0.2) is 53.1 Å². The van der Waals surface area contributed by atoms with E-state index in [1.807, 2.05) is 18.2 Å². The molecule has 0 N–H and O–H groups in total. The summed E-state index contributed by atoms with van der Waals surface area (Å²) < 4.78 is 15.9. The second-order valence-electron chi connectivity index (χ2n) is 5.19. The Morgan fingerprint density at radius 2 is 1.88 bits per heavy atom. The number of hydrogen-bond acceptors (Lipinski definition) is 6. The highest BCUT2D eigenvalue weighted by Crippen LogP contribution is 2.23. The number of carbonyl (C=O) groups excluding carboxylic acids is 1. The van der Waals surface area contributed by atoms with Gasteiger partial charge in [0, 0.05) is 10.6 Å². The maximum absolute atomic E-state index is 12.3. The highest BCUT2D eigenvalue weighted by molar-refractivity contribution is 6.31. The van der Waals surface area contributed by atoms with Crippen LogP contribution in [-0.2, 0) is 18.0 Å². The van der Waals surface area contributed by atoms with Gasteiger partial charge >= 0.3 is 5.97 Å². The lowest BCUT2D eigenvalue weighted by molar-refractivity contribution is 0.0425. The van der Waals surface area contributed by atoms with Crippen LogP contribution in [0, 0.1) is 6.92 Å². The lowest BCUT2D eigenvalue weighted by Gasteiger charge is -2.11. The SMILES string of the molecule is Cc1noc(COC(=O)c2ccccc2OCc2ccccc2Cl)n1. The number of benzene rings is 2. The number of aromatic nitrogens is 2. The minimum absolute atomic E-state index is 0.0987. The molecule has 0 bridgehead atoms. The first-order valence-electron chi connectivity index (χ1n) is 7.55. The van der Waals surface area contributed by atoms with Crippen molar-refractivity contribution in [1.82, 2.24) is 10.1 Å². The summed E-state index contributed by atoms with van der Waals surface area (Å²) in [6, 6.07) is 14.2. The molecule has 0 atom stereocenters. The molecule has 0 saturated heterocycles. The van der Waals surface area contributed by atoms with Crippen molar-refractivity contribution in [2.75, 3.05) is 0 Å². The number of hydrogen-bond donors (Lipinski definition) is 0. The number of nitrogens with zero attached hydrogens (tertiary/aromatic N) is 2. The van der Waals surface area contributed by atoms with Gasteiger partial charge in [-0.05, 0) is 25.1 Å². The molecular weight excluding hydrogens is 344 g/mol. The molecule has 0 radical (unpaired) electrons. The average Bonchev–Trinajstić information content (AvgIpc) is 3.04. The Balaban J connectivity index is 1.67. The van der Waals surface area contributed by atoms with Gasteiger partial charge in [0.15, 0.2) is 12.4 Å². The van der Waals surface area contributed by atoms with Crippen molar-refractivity contribution in [3.05, 3.63) is 76.4 Å². The van der Waals surface area contributed by atoms with E-state index in [2.05, 4.69) is 10.1 Å². The van der Waals surface area contributed by atoms with E-state index in [0.717, 1.165) is 5.56 Å². The lowest BCUT2D eigenvalue weighted by Crippen LogP contribution is -2.08. The third-order valence-electron chi connectivity index (χ3n) is 3.34. The zero-order valence-electron chi connectivity index (χ0n) is 13.4. The molecule has 3 rings (SSSR count). The number of rotatable bonds is 6. The first-order chi connectivity index (χ1) is 12.1. The minimum Gasteiger partial charge on any atom is -0.488 e. The summed E-state index contributed by atoms with van der Waals surface area (Å²) in [5.41, 5.74) is 1.14. The van der Waals surface area contributed by atoms with Crippen LogP contribution in [-0.4, -0.2) is 16.1 Å². The summed E-state index contributed by atoms with van der Waals surface area (Å²) in [7, 11) is 0. The van der Waals surface area contributed by atoms with Crippen LogP contribution in [0.3, 0.4) is 0 Å². The van der Waals surface area contributed by atoms with E-state index in [1.54, 1.807) is 37.3 Å². The quantitative estimate of drug-likeness (QED) is 0.621.